The van der Waals surface area contributed by atoms with Gasteiger partial charge in [0, 0.05) is 28.8 Å². The number of rotatable bonds is 2. The van der Waals surface area contributed by atoms with Crippen LogP contribution in [0.1, 0.15) is 35.0 Å². The molecule has 1 aromatic heterocycles. The first-order chi connectivity index (χ1) is 9.19. The number of aromatic nitrogens is 2. The van der Waals surface area contributed by atoms with Gasteiger partial charge in [0.2, 0.25) is 0 Å². The Bertz CT molecular complexity index is 590. The molecule has 1 unspecified atom stereocenters. The molecule has 0 bridgehead atoms. The van der Waals surface area contributed by atoms with E-state index in [2.05, 4.69) is 50.6 Å². The molecule has 0 fully saturated rings. The van der Waals surface area contributed by atoms with Crippen LogP contribution in [0.3, 0.4) is 0 Å². The van der Waals surface area contributed by atoms with Crippen LogP contribution in [0.2, 0.25) is 0 Å². The zero-order chi connectivity index (χ0) is 13.4. The molecule has 0 saturated heterocycles. The fraction of sp³-hybridized carbons (Fsp3) is 0.400. The Morgan fingerprint density at radius 3 is 3.05 bits per heavy atom. The van der Waals surface area contributed by atoms with Crippen molar-refractivity contribution < 1.29 is 0 Å². The Morgan fingerprint density at radius 1 is 1.47 bits per heavy atom. The molecule has 3 nitrogen and oxygen atoms in total. The van der Waals surface area contributed by atoms with E-state index in [0.717, 1.165) is 18.8 Å². The van der Waals surface area contributed by atoms with Gasteiger partial charge < -0.3 is 10.3 Å². The van der Waals surface area contributed by atoms with Crippen LogP contribution < -0.4 is 5.73 Å². The number of aryl methyl sites for hydroxylation is 2. The van der Waals surface area contributed by atoms with Gasteiger partial charge in [0.25, 0.3) is 0 Å². The second-order valence-corrected chi connectivity index (χ2v) is 6.08. The van der Waals surface area contributed by atoms with Crippen molar-refractivity contribution in [3.05, 3.63) is 51.5 Å². The first-order valence-corrected chi connectivity index (χ1v) is 7.47. The topological polar surface area (TPSA) is 43.8 Å². The molecule has 100 valence electrons. The van der Waals surface area contributed by atoms with Gasteiger partial charge in [-0.25, -0.2) is 4.98 Å². The van der Waals surface area contributed by atoms with Gasteiger partial charge >= 0.3 is 0 Å². The molecular weight excluding hydrogens is 302 g/mol. The van der Waals surface area contributed by atoms with Crippen LogP contribution in [0.5, 0.6) is 0 Å². The van der Waals surface area contributed by atoms with Gasteiger partial charge in [-0.3, -0.25) is 0 Å². The summed E-state index contributed by atoms with van der Waals surface area (Å²) in [7, 11) is 0. The number of fused-ring (bicyclic) bond motifs is 1. The molecule has 2 aromatic rings. The van der Waals surface area contributed by atoms with Crippen molar-refractivity contribution in [1.82, 2.24) is 9.55 Å². The van der Waals surface area contributed by atoms with Gasteiger partial charge in [-0.05, 0) is 37.0 Å². The maximum Gasteiger partial charge on any atom is 0.122 e. The molecule has 1 aliphatic heterocycles. The minimum atomic E-state index is 0.520. The highest BCUT2D eigenvalue weighted by Gasteiger charge is 2.22. The van der Waals surface area contributed by atoms with E-state index in [1.165, 1.54) is 27.7 Å². The smallest absolute Gasteiger partial charge is 0.122 e. The van der Waals surface area contributed by atoms with Crippen LogP contribution in [-0.2, 0) is 19.5 Å². The minimum absolute atomic E-state index is 0.520. The van der Waals surface area contributed by atoms with Crippen molar-refractivity contribution in [2.24, 2.45) is 5.73 Å². The Balaban J connectivity index is 1.90. The molecule has 4 heteroatoms. The molecule has 0 amide bonds. The first kappa shape index (κ1) is 12.9. The van der Waals surface area contributed by atoms with Gasteiger partial charge in [-0.1, -0.05) is 28.1 Å². The van der Waals surface area contributed by atoms with E-state index >= 15 is 0 Å². The second-order valence-electron chi connectivity index (χ2n) is 5.22. The summed E-state index contributed by atoms with van der Waals surface area (Å²) in [5.74, 6) is 1.58. The molecule has 3 rings (SSSR count). The van der Waals surface area contributed by atoms with E-state index in [1.807, 2.05) is 6.20 Å². The van der Waals surface area contributed by atoms with Crippen molar-refractivity contribution in [3.63, 3.8) is 0 Å². The van der Waals surface area contributed by atoms with Crippen LogP contribution >= 0.6 is 15.9 Å². The number of nitrogens with zero attached hydrogens (tertiary/aromatic N) is 2. The normalized spacial score (nSPS) is 18.4. The maximum atomic E-state index is 5.76. The zero-order valence-electron chi connectivity index (χ0n) is 11.1. The Hall–Kier alpha value is -1.13. The summed E-state index contributed by atoms with van der Waals surface area (Å²) >= 11 is 3.56. The lowest BCUT2D eigenvalue weighted by Crippen LogP contribution is -2.21. The van der Waals surface area contributed by atoms with Crippen molar-refractivity contribution >= 4 is 15.9 Å². The number of imidazole rings is 1. The van der Waals surface area contributed by atoms with Crippen LogP contribution in [0.15, 0.2) is 28.9 Å². The zero-order valence-corrected chi connectivity index (χ0v) is 12.7. The highest BCUT2D eigenvalue weighted by atomic mass is 79.9. The fourth-order valence-electron chi connectivity index (χ4n) is 2.87. The van der Waals surface area contributed by atoms with Crippen LogP contribution in [0.25, 0.3) is 0 Å². The van der Waals surface area contributed by atoms with Crippen molar-refractivity contribution in [2.75, 3.05) is 0 Å². The molecule has 0 saturated carbocycles. The largest absolute Gasteiger partial charge is 0.330 e. The van der Waals surface area contributed by atoms with Crippen LogP contribution in [-0.4, -0.2) is 9.55 Å². The summed E-state index contributed by atoms with van der Waals surface area (Å²) < 4.78 is 3.48. The van der Waals surface area contributed by atoms with E-state index in [1.54, 1.807) is 0 Å². The summed E-state index contributed by atoms with van der Waals surface area (Å²) in [5.41, 5.74) is 9.80. The summed E-state index contributed by atoms with van der Waals surface area (Å²) in [6.45, 7) is 3.67. The average Bonchev–Trinajstić information content (AvgIpc) is 2.84. The van der Waals surface area contributed by atoms with E-state index in [4.69, 9.17) is 5.73 Å². The molecule has 2 N–H and O–H groups in total. The maximum absolute atomic E-state index is 5.76. The summed E-state index contributed by atoms with van der Waals surface area (Å²) in [5, 5.41) is 0. The van der Waals surface area contributed by atoms with Gasteiger partial charge in [-0.15, -0.1) is 0 Å². The number of benzene rings is 1. The molecule has 0 radical (unpaired) electrons. The lowest BCUT2D eigenvalue weighted by molar-refractivity contribution is 0.451. The lowest BCUT2D eigenvalue weighted by atomic mass is 9.90. The number of hydrogen-bond donors (Lipinski definition) is 1. The van der Waals surface area contributed by atoms with Crippen LogP contribution in [0, 0.1) is 6.92 Å². The van der Waals surface area contributed by atoms with E-state index in [0.29, 0.717) is 12.5 Å². The molecule has 1 aliphatic rings. The van der Waals surface area contributed by atoms with Crippen molar-refractivity contribution in [1.29, 1.82) is 0 Å². The summed E-state index contributed by atoms with van der Waals surface area (Å²) in [6, 6.07) is 6.67. The summed E-state index contributed by atoms with van der Waals surface area (Å²) in [4.78, 5) is 4.41. The average molecular weight is 320 g/mol. The SMILES string of the molecule is Cc1cc(C2CCc3cnc(CN)n3C2)ccc1Br. The van der Waals surface area contributed by atoms with Crippen molar-refractivity contribution in [3.8, 4) is 0 Å². The third-order valence-electron chi connectivity index (χ3n) is 4.01. The predicted octanol–water partition coefficient (Wildman–Crippen LogP) is 3.14. The predicted molar refractivity (Wildman–Crippen MR) is 80.1 cm³/mol. The van der Waals surface area contributed by atoms with E-state index < -0.39 is 0 Å². The Labute approximate surface area is 122 Å². The lowest BCUT2D eigenvalue weighted by Gasteiger charge is -2.26. The standard InChI is InChI=1S/C15H18BrN3/c1-10-6-11(3-5-14(10)16)12-2-4-13-8-18-15(7-17)19(13)9-12/h3,5-6,8,12H,2,4,7,9,17H2,1H3. The fourth-order valence-corrected chi connectivity index (χ4v) is 3.11. The molecule has 0 aliphatic carbocycles. The van der Waals surface area contributed by atoms with Gasteiger partial charge in [0.1, 0.15) is 5.82 Å². The molecule has 1 atom stereocenters. The summed E-state index contributed by atoms with van der Waals surface area (Å²) in [6.07, 6.45) is 4.26. The van der Waals surface area contributed by atoms with Gasteiger partial charge in [0.15, 0.2) is 0 Å². The molecule has 1 aromatic carbocycles. The Kier molecular flexibility index (Phi) is 3.46. The quantitative estimate of drug-likeness (QED) is 0.924. The third-order valence-corrected chi connectivity index (χ3v) is 4.90. The molecular formula is C15H18BrN3. The number of nitrogens with two attached hydrogens (primary N) is 1. The van der Waals surface area contributed by atoms with Crippen LogP contribution in [0.4, 0.5) is 0 Å². The first-order valence-electron chi connectivity index (χ1n) is 6.68. The highest BCUT2D eigenvalue weighted by molar-refractivity contribution is 9.10. The molecule has 2 heterocycles. The van der Waals surface area contributed by atoms with Gasteiger partial charge in [0.05, 0.1) is 6.54 Å². The highest BCUT2D eigenvalue weighted by Crippen LogP contribution is 2.31. The number of halogens is 1. The monoisotopic (exact) mass is 319 g/mol. The van der Waals surface area contributed by atoms with E-state index in [9.17, 15) is 0 Å². The molecule has 0 spiro atoms. The van der Waals surface area contributed by atoms with Gasteiger partial charge in [-0.2, -0.15) is 0 Å². The second kappa shape index (κ2) is 5.10. The van der Waals surface area contributed by atoms with E-state index in [-0.39, 0.29) is 0 Å². The minimum Gasteiger partial charge on any atom is -0.330 e. The Morgan fingerprint density at radius 2 is 2.32 bits per heavy atom. The number of hydrogen-bond acceptors (Lipinski definition) is 2. The molecule has 19 heavy (non-hydrogen) atoms. The third kappa shape index (κ3) is 2.35. The van der Waals surface area contributed by atoms with Crippen molar-refractivity contribution in [2.45, 2.75) is 38.8 Å².